The van der Waals surface area contributed by atoms with E-state index < -0.39 is 34.2 Å². The quantitative estimate of drug-likeness (QED) is 0.488. The number of methoxy groups -OCH3 is 1. The van der Waals surface area contributed by atoms with Crippen LogP contribution in [0.4, 0.5) is 18.9 Å². The average molecular weight is 376 g/mol. The van der Waals surface area contributed by atoms with Gasteiger partial charge in [0.25, 0.3) is 0 Å². The van der Waals surface area contributed by atoms with Gasteiger partial charge in [-0.25, -0.2) is 4.79 Å². The predicted molar refractivity (Wildman–Crippen MR) is 63.1 cm³/mol. The number of carbonyl (C=O) groups excluding carboxylic acids is 1. The third-order valence-corrected chi connectivity index (χ3v) is 2.89. The van der Waals surface area contributed by atoms with E-state index in [0.717, 1.165) is 13.2 Å². The number of rotatable bonds is 2. The molecule has 0 bridgehead atoms. The van der Waals surface area contributed by atoms with E-state index in [9.17, 15) is 23.2 Å². The number of anilines is 1. The van der Waals surface area contributed by atoms with Crippen LogP contribution in [-0.2, 0) is 10.9 Å². The Kier molecular flexibility index (Phi) is 4.40. The van der Waals surface area contributed by atoms with Crippen LogP contribution in [0.5, 0.6) is 0 Å². The first-order valence-corrected chi connectivity index (χ1v) is 5.41. The van der Waals surface area contributed by atoms with Gasteiger partial charge in [0.05, 0.1) is 23.9 Å². The van der Waals surface area contributed by atoms with Gasteiger partial charge in [-0.05, 0) is 34.7 Å². The van der Waals surface area contributed by atoms with E-state index in [0.29, 0.717) is 6.07 Å². The molecule has 1 aromatic rings. The molecule has 0 aliphatic rings. The van der Waals surface area contributed by atoms with E-state index in [1.54, 1.807) is 0 Å². The van der Waals surface area contributed by atoms with Crippen molar-refractivity contribution in [3.05, 3.63) is 32.0 Å². The monoisotopic (exact) mass is 376 g/mol. The lowest BCUT2D eigenvalue weighted by Gasteiger charge is -2.25. The molecule has 0 aliphatic heterocycles. The Bertz CT molecular complexity index is 476. The zero-order valence-corrected chi connectivity index (χ0v) is 10.9. The summed E-state index contributed by atoms with van der Waals surface area (Å²) in [4.78, 5) is 11.3. The Morgan fingerprint density at radius 3 is 2.44 bits per heavy atom. The highest BCUT2D eigenvalue weighted by molar-refractivity contribution is 14.1. The van der Waals surface area contributed by atoms with Crippen molar-refractivity contribution in [1.29, 1.82) is 0 Å². The van der Waals surface area contributed by atoms with Crippen molar-refractivity contribution in [1.82, 2.24) is 0 Å². The molecule has 1 rings (SSSR count). The lowest BCUT2D eigenvalue weighted by molar-refractivity contribution is -0.138. The fourth-order valence-electron chi connectivity index (χ4n) is 1.21. The Morgan fingerprint density at radius 1 is 1.50 bits per heavy atom. The van der Waals surface area contributed by atoms with Gasteiger partial charge in [-0.2, -0.15) is 13.2 Å². The number of hydrogen-bond acceptors (Lipinski definition) is 5. The summed E-state index contributed by atoms with van der Waals surface area (Å²) in [6.45, 7) is 0. The largest absolute Gasteiger partial charge is 0.733 e. The van der Waals surface area contributed by atoms with Crippen molar-refractivity contribution >= 4 is 34.2 Å². The van der Waals surface area contributed by atoms with Gasteiger partial charge in [0.1, 0.15) is 0 Å². The second-order valence-electron chi connectivity index (χ2n) is 3.11. The second-order valence-corrected chi connectivity index (χ2v) is 4.27. The van der Waals surface area contributed by atoms with Crippen molar-refractivity contribution in [2.24, 2.45) is 0 Å². The summed E-state index contributed by atoms with van der Waals surface area (Å²) >= 11 is 1.37. The number of nitrogens with zero attached hydrogens (tertiary/aromatic N) is 1. The molecule has 0 radical (unpaired) electrons. The molecule has 0 spiro atoms. The van der Waals surface area contributed by atoms with Crippen LogP contribution < -0.4 is 5.23 Å². The number of carbonyl (C=O) groups is 1. The lowest BCUT2D eigenvalue weighted by Crippen LogP contribution is -2.17. The summed E-state index contributed by atoms with van der Waals surface area (Å²) in [5.41, 5.74) is -2.40. The van der Waals surface area contributed by atoms with E-state index >= 15 is 0 Å². The second kappa shape index (κ2) is 5.28. The smallest absolute Gasteiger partial charge is 0.417 e. The van der Waals surface area contributed by atoms with Crippen LogP contribution in [0, 0.1) is 8.78 Å². The number of ether oxygens (including phenoxy) is 1. The highest BCUT2D eigenvalue weighted by Crippen LogP contribution is 2.36. The van der Waals surface area contributed by atoms with Crippen molar-refractivity contribution in [2.75, 3.05) is 12.3 Å². The zero-order chi connectivity index (χ0) is 14.1. The van der Waals surface area contributed by atoms with Crippen LogP contribution in [0.2, 0.25) is 0 Å². The van der Waals surface area contributed by atoms with Crippen molar-refractivity contribution in [3.63, 3.8) is 0 Å². The van der Waals surface area contributed by atoms with Crippen LogP contribution in [0.3, 0.4) is 0 Å². The van der Waals surface area contributed by atoms with Crippen LogP contribution in [0.25, 0.3) is 0 Å². The summed E-state index contributed by atoms with van der Waals surface area (Å²) in [6.07, 6.45) is -4.70. The molecule has 1 N–H and O–H groups in total. The number of benzene rings is 1. The molecule has 0 atom stereocenters. The van der Waals surface area contributed by atoms with Gasteiger partial charge in [0.2, 0.25) is 0 Å². The minimum atomic E-state index is -4.70. The first-order chi connectivity index (χ1) is 8.18. The minimum absolute atomic E-state index is 0.286. The van der Waals surface area contributed by atoms with Crippen LogP contribution in [0.15, 0.2) is 12.1 Å². The predicted octanol–water partition coefficient (Wildman–Crippen LogP) is 2.79. The molecule has 1 aromatic carbocycles. The summed E-state index contributed by atoms with van der Waals surface area (Å²) in [7, 11) is 1.00. The SMILES string of the molecule is COC(=O)c1cc(I)c(C(F)(F)F)cc1N([O-])O. The molecule has 100 valence electrons. The molecule has 0 amide bonds. The number of alkyl halides is 3. The molecular weight excluding hydrogens is 370 g/mol. The molecule has 0 fully saturated rings. The van der Waals surface area contributed by atoms with Crippen LogP contribution in [0.1, 0.15) is 15.9 Å². The van der Waals surface area contributed by atoms with E-state index in [2.05, 4.69) is 4.74 Å². The summed E-state index contributed by atoms with van der Waals surface area (Å²) in [6, 6.07) is 1.21. The molecule has 0 heterocycles. The Morgan fingerprint density at radius 2 is 2.06 bits per heavy atom. The third kappa shape index (κ3) is 3.03. The minimum Gasteiger partial charge on any atom is -0.733 e. The maximum atomic E-state index is 12.6. The molecule has 18 heavy (non-hydrogen) atoms. The Hall–Kier alpha value is -1.07. The first-order valence-electron chi connectivity index (χ1n) is 4.33. The van der Waals surface area contributed by atoms with E-state index in [1.165, 1.54) is 22.6 Å². The van der Waals surface area contributed by atoms with Crippen LogP contribution in [-0.4, -0.2) is 18.3 Å². The highest BCUT2D eigenvalue weighted by Gasteiger charge is 2.34. The van der Waals surface area contributed by atoms with Crippen LogP contribution >= 0.6 is 22.6 Å². The van der Waals surface area contributed by atoms with Crippen molar-refractivity contribution < 1.29 is 27.9 Å². The van der Waals surface area contributed by atoms with Gasteiger partial charge in [-0.3, -0.25) is 5.21 Å². The van der Waals surface area contributed by atoms with Gasteiger partial charge in [0, 0.05) is 3.57 Å². The van der Waals surface area contributed by atoms with E-state index in [-0.39, 0.29) is 3.57 Å². The normalized spacial score (nSPS) is 11.3. The number of hydrogen-bond donors (Lipinski definition) is 1. The molecule has 0 aliphatic carbocycles. The van der Waals surface area contributed by atoms with Gasteiger partial charge in [0.15, 0.2) is 0 Å². The Balaban J connectivity index is 3.49. The molecular formula is C9H6F3INO4-. The zero-order valence-electron chi connectivity index (χ0n) is 8.79. The average Bonchev–Trinajstić information content (AvgIpc) is 2.25. The molecule has 5 nitrogen and oxygen atoms in total. The van der Waals surface area contributed by atoms with Crippen molar-refractivity contribution in [2.45, 2.75) is 6.18 Å². The standard InChI is InChI=1S/C9H6F3INO4/c1-18-8(15)4-2-6(13)5(9(10,11)12)3-7(4)14(16)17/h2-3,16H,1H3/q-1. The summed E-state index contributed by atoms with van der Waals surface area (Å²) in [5.74, 6) is -1.02. The van der Waals surface area contributed by atoms with Gasteiger partial charge in [-0.15, -0.1) is 0 Å². The number of halogens is 4. The Labute approximate surface area is 113 Å². The van der Waals surface area contributed by atoms with Gasteiger partial charge < -0.3 is 15.2 Å². The molecule has 0 saturated heterocycles. The maximum Gasteiger partial charge on any atom is 0.417 e. The lowest BCUT2D eigenvalue weighted by atomic mass is 10.1. The molecule has 9 heteroatoms. The van der Waals surface area contributed by atoms with Crippen molar-refractivity contribution in [3.8, 4) is 0 Å². The first kappa shape index (κ1) is 15.0. The number of esters is 1. The molecule has 0 saturated carbocycles. The summed E-state index contributed by atoms with van der Waals surface area (Å²) in [5, 5.41) is 18.7. The van der Waals surface area contributed by atoms with E-state index in [1.807, 2.05) is 0 Å². The highest BCUT2D eigenvalue weighted by atomic mass is 127. The topological polar surface area (TPSA) is 72.8 Å². The molecule has 0 unspecified atom stereocenters. The summed E-state index contributed by atoms with van der Waals surface area (Å²) < 4.78 is 41.8. The third-order valence-electron chi connectivity index (χ3n) is 2.00. The fraction of sp³-hybridized carbons (Fsp3) is 0.222. The van der Waals surface area contributed by atoms with E-state index in [4.69, 9.17) is 5.21 Å². The van der Waals surface area contributed by atoms with Gasteiger partial charge >= 0.3 is 12.1 Å². The van der Waals surface area contributed by atoms with Gasteiger partial charge in [-0.1, -0.05) is 0 Å². The fourth-order valence-corrected chi connectivity index (χ4v) is 1.98. The molecule has 0 aromatic heterocycles. The maximum absolute atomic E-state index is 12.6.